The third-order valence-electron chi connectivity index (χ3n) is 3.12. The van der Waals surface area contributed by atoms with Gasteiger partial charge in [0.2, 0.25) is 5.91 Å². The normalized spacial score (nSPS) is 10.3. The molecule has 1 amide bonds. The number of ether oxygens (including phenoxy) is 2. The van der Waals surface area contributed by atoms with Gasteiger partial charge in [-0.3, -0.25) is 4.79 Å². The van der Waals surface area contributed by atoms with E-state index in [2.05, 4.69) is 5.32 Å². The van der Waals surface area contributed by atoms with Gasteiger partial charge in [-0.25, -0.2) is 4.79 Å². The summed E-state index contributed by atoms with van der Waals surface area (Å²) in [7, 11) is 0. The van der Waals surface area contributed by atoms with Gasteiger partial charge in [0.05, 0.1) is 6.10 Å². The van der Waals surface area contributed by atoms with E-state index in [0.717, 1.165) is 0 Å². The van der Waals surface area contributed by atoms with Crippen molar-refractivity contribution in [2.75, 3.05) is 5.32 Å². The number of amides is 1. The lowest BCUT2D eigenvalue weighted by Gasteiger charge is -2.13. The van der Waals surface area contributed by atoms with Crippen molar-refractivity contribution in [1.29, 1.82) is 0 Å². The Morgan fingerprint density at radius 2 is 1.83 bits per heavy atom. The highest BCUT2D eigenvalue weighted by molar-refractivity contribution is 5.94. The van der Waals surface area contributed by atoms with Crippen molar-refractivity contribution in [3.8, 4) is 11.5 Å². The van der Waals surface area contributed by atoms with Crippen molar-refractivity contribution in [2.24, 2.45) is 0 Å². The lowest BCUT2D eigenvalue weighted by Crippen LogP contribution is -2.14. The number of hydrogen-bond acceptors (Lipinski definition) is 4. The average Bonchev–Trinajstić information content (AvgIpc) is 2.55. The molecule has 5 nitrogen and oxygen atoms in total. The van der Waals surface area contributed by atoms with E-state index in [0.29, 0.717) is 29.2 Å². The minimum Gasteiger partial charge on any atom is -0.490 e. The van der Waals surface area contributed by atoms with E-state index < -0.39 is 5.97 Å². The molecule has 0 heterocycles. The van der Waals surface area contributed by atoms with Crippen molar-refractivity contribution in [1.82, 2.24) is 0 Å². The van der Waals surface area contributed by atoms with Crippen LogP contribution in [0, 0.1) is 0 Å². The predicted molar refractivity (Wildman–Crippen MR) is 92.5 cm³/mol. The van der Waals surface area contributed by atoms with E-state index in [1.54, 1.807) is 55.5 Å². The number of para-hydroxylation sites is 1. The summed E-state index contributed by atoms with van der Waals surface area (Å²) in [5.41, 5.74) is 0.938. The molecule has 0 bridgehead atoms. The predicted octanol–water partition coefficient (Wildman–Crippen LogP) is 4.04. The van der Waals surface area contributed by atoms with Gasteiger partial charge in [0.1, 0.15) is 17.1 Å². The maximum Gasteiger partial charge on any atom is 0.347 e. The number of esters is 1. The summed E-state index contributed by atoms with van der Waals surface area (Å²) in [5, 5.41) is 2.73. The highest BCUT2D eigenvalue weighted by atomic mass is 16.5. The molecule has 0 saturated carbocycles. The highest BCUT2D eigenvalue weighted by Gasteiger charge is 2.15. The molecule has 0 radical (unpaired) electrons. The fraction of sp³-hybridized carbons (Fsp3) is 0.263. The number of benzene rings is 2. The number of carbonyl (C=O) groups excluding carboxylic acids is 2. The van der Waals surface area contributed by atoms with E-state index in [-0.39, 0.29) is 12.0 Å². The second-order valence-corrected chi connectivity index (χ2v) is 5.48. The number of rotatable bonds is 6. The molecule has 2 aromatic rings. The van der Waals surface area contributed by atoms with E-state index in [1.165, 1.54) is 0 Å². The third kappa shape index (κ3) is 4.84. The molecule has 0 aromatic heterocycles. The standard InChI is InChI=1S/C19H21NO4/c1-4-18(21)20-14-8-7-9-15(12-14)24-19(22)16-10-5-6-11-17(16)23-13(2)3/h5-13H,4H2,1-3H3,(H,20,21). The summed E-state index contributed by atoms with van der Waals surface area (Å²) in [6.45, 7) is 5.55. The monoisotopic (exact) mass is 327 g/mol. The second kappa shape index (κ2) is 8.15. The van der Waals surface area contributed by atoms with Crippen LogP contribution < -0.4 is 14.8 Å². The van der Waals surface area contributed by atoms with Gasteiger partial charge >= 0.3 is 5.97 Å². The van der Waals surface area contributed by atoms with Crippen LogP contribution in [0.2, 0.25) is 0 Å². The third-order valence-corrected chi connectivity index (χ3v) is 3.12. The first-order valence-electron chi connectivity index (χ1n) is 7.87. The molecular weight excluding hydrogens is 306 g/mol. The zero-order chi connectivity index (χ0) is 17.5. The maximum atomic E-state index is 12.4. The fourth-order valence-corrected chi connectivity index (χ4v) is 2.04. The first-order chi connectivity index (χ1) is 11.5. The van der Waals surface area contributed by atoms with E-state index in [9.17, 15) is 9.59 Å². The molecule has 0 unspecified atom stereocenters. The molecule has 0 spiro atoms. The molecule has 0 fully saturated rings. The second-order valence-electron chi connectivity index (χ2n) is 5.48. The number of nitrogens with one attached hydrogen (secondary N) is 1. The summed E-state index contributed by atoms with van der Waals surface area (Å²) in [6.07, 6.45) is 0.329. The van der Waals surface area contributed by atoms with Gasteiger partial charge in [-0.2, -0.15) is 0 Å². The van der Waals surface area contributed by atoms with Crippen LogP contribution in [0.25, 0.3) is 0 Å². The Labute approximate surface area is 141 Å². The molecule has 1 N–H and O–H groups in total. The minimum atomic E-state index is -0.509. The molecule has 0 aliphatic carbocycles. The summed E-state index contributed by atoms with van der Waals surface area (Å²) >= 11 is 0. The van der Waals surface area contributed by atoms with Crippen LogP contribution in [0.4, 0.5) is 5.69 Å². The van der Waals surface area contributed by atoms with Gasteiger partial charge in [-0.05, 0) is 38.1 Å². The molecule has 0 aliphatic heterocycles. The van der Waals surface area contributed by atoms with Crippen molar-refractivity contribution < 1.29 is 19.1 Å². The molecular formula is C19H21NO4. The lowest BCUT2D eigenvalue weighted by molar-refractivity contribution is -0.115. The first-order valence-corrected chi connectivity index (χ1v) is 7.87. The van der Waals surface area contributed by atoms with Gasteiger partial charge < -0.3 is 14.8 Å². The number of carbonyl (C=O) groups is 2. The summed E-state index contributed by atoms with van der Waals surface area (Å²) in [6, 6.07) is 13.7. The van der Waals surface area contributed by atoms with E-state index in [4.69, 9.17) is 9.47 Å². The maximum absolute atomic E-state index is 12.4. The van der Waals surface area contributed by atoms with Crippen LogP contribution in [0.5, 0.6) is 11.5 Å². The minimum absolute atomic E-state index is 0.0495. The van der Waals surface area contributed by atoms with Crippen LogP contribution in [-0.2, 0) is 4.79 Å². The summed E-state index contributed by atoms with van der Waals surface area (Å²) in [4.78, 5) is 23.9. The Balaban J connectivity index is 2.15. The van der Waals surface area contributed by atoms with Gasteiger partial charge in [0.25, 0.3) is 0 Å². The Morgan fingerprint density at radius 3 is 2.54 bits per heavy atom. The van der Waals surface area contributed by atoms with Crippen LogP contribution >= 0.6 is 0 Å². The van der Waals surface area contributed by atoms with Crippen molar-refractivity contribution >= 4 is 17.6 Å². The quantitative estimate of drug-likeness (QED) is 0.642. The van der Waals surface area contributed by atoms with Gasteiger partial charge in [0.15, 0.2) is 0 Å². The van der Waals surface area contributed by atoms with Gasteiger partial charge in [-0.15, -0.1) is 0 Å². The smallest absolute Gasteiger partial charge is 0.347 e. The highest BCUT2D eigenvalue weighted by Crippen LogP contribution is 2.23. The van der Waals surface area contributed by atoms with Crippen LogP contribution in [0.3, 0.4) is 0 Å². The Hall–Kier alpha value is -2.82. The SMILES string of the molecule is CCC(=O)Nc1cccc(OC(=O)c2ccccc2OC(C)C)c1. The molecule has 2 aromatic carbocycles. The zero-order valence-electron chi connectivity index (χ0n) is 14.0. The Bertz CT molecular complexity index is 725. The van der Waals surface area contributed by atoms with Crippen molar-refractivity contribution in [3.63, 3.8) is 0 Å². The number of anilines is 1. The Kier molecular flexibility index (Phi) is 5.95. The van der Waals surface area contributed by atoms with Crippen molar-refractivity contribution in [2.45, 2.75) is 33.3 Å². The largest absolute Gasteiger partial charge is 0.490 e. The molecule has 0 aliphatic rings. The fourth-order valence-electron chi connectivity index (χ4n) is 2.04. The van der Waals surface area contributed by atoms with E-state index >= 15 is 0 Å². The van der Waals surface area contributed by atoms with Crippen molar-refractivity contribution in [3.05, 3.63) is 54.1 Å². The summed E-state index contributed by atoms with van der Waals surface area (Å²) < 4.78 is 11.0. The topological polar surface area (TPSA) is 64.6 Å². The van der Waals surface area contributed by atoms with Gasteiger partial charge in [0, 0.05) is 18.2 Å². The molecule has 0 atom stereocenters. The molecule has 2 rings (SSSR count). The average molecular weight is 327 g/mol. The molecule has 5 heteroatoms. The zero-order valence-corrected chi connectivity index (χ0v) is 14.0. The number of hydrogen-bond donors (Lipinski definition) is 1. The molecule has 126 valence electrons. The first kappa shape index (κ1) is 17.5. The lowest BCUT2D eigenvalue weighted by atomic mass is 10.2. The molecule has 0 saturated heterocycles. The van der Waals surface area contributed by atoms with Crippen LogP contribution in [0.1, 0.15) is 37.6 Å². The molecule has 24 heavy (non-hydrogen) atoms. The van der Waals surface area contributed by atoms with E-state index in [1.807, 2.05) is 13.8 Å². The van der Waals surface area contributed by atoms with Gasteiger partial charge in [-0.1, -0.05) is 25.1 Å². The summed E-state index contributed by atoms with van der Waals surface area (Å²) in [5.74, 6) is 0.223. The van der Waals surface area contributed by atoms with Crippen LogP contribution in [-0.4, -0.2) is 18.0 Å². The Morgan fingerprint density at radius 1 is 1.08 bits per heavy atom. The van der Waals surface area contributed by atoms with Crippen LogP contribution in [0.15, 0.2) is 48.5 Å².